The van der Waals surface area contributed by atoms with Gasteiger partial charge in [0.2, 0.25) is 0 Å². The standard InChI is InChI=1S/C100H174N20P2/c1-55(2)109(56(3)4)89-83(90(89)110(57(5)6)58(7)8)103-121(104-84-91(111(59(9)10)60(11)12)92(84)112(61(13)14)62(15)16,105-85-93(113(63(17)18)64(19)20)94(85)114(65(21)22)66(23)24)101-80-53-49-51-79-52-50-54-81(82(79)80)102-122(106-86-95(115(67(25)26)68(27)28)96(86)116(69(29)30)70(31)32,107-87-97(117(71(33)34)72(35)36)98(87)118(73(37)38)74(39)40)108-88-99(119(75(41)42)76(43)44)100(88)120(77(45)46)78(47)48/h49-78H,1-48H3. The summed E-state index contributed by atoms with van der Waals surface area (Å²) in [5.41, 5.74) is 15.0. The first-order chi connectivity index (χ1) is 56.4. The van der Waals surface area contributed by atoms with E-state index < -0.39 is 15.0 Å². The molecule has 0 bridgehead atoms. The van der Waals surface area contributed by atoms with Crippen LogP contribution in [0.25, 0.3) is 10.8 Å². The molecule has 0 atom stereocenters. The molecule has 8 aromatic rings. The molecule has 0 aliphatic carbocycles. The van der Waals surface area contributed by atoms with Gasteiger partial charge in [0.1, 0.15) is 32.1 Å². The van der Waals surface area contributed by atoms with Gasteiger partial charge < -0.3 is 58.8 Å². The Bertz CT molecular complexity index is 3980. The van der Waals surface area contributed by atoms with Crippen molar-refractivity contribution in [3.05, 3.63) is 68.5 Å². The Morgan fingerprint density at radius 1 is 0.164 bits per heavy atom. The Morgan fingerprint density at radius 3 is 0.369 bits per heavy atom. The molecule has 8 rings (SSSR count). The second-order valence-corrected chi connectivity index (χ2v) is 45.7. The molecule has 684 valence electrons. The van der Waals surface area contributed by atoms with Crippen LogP contribution in [0, 0.1) is 0 Å². The molecule has 8 aromatic carbocycles. The lowest BCUT2D eigenvalue weighted by Crippen LogP contribution is -2.38. The molecule has 0 fully saturated rings. The largest absolute Gasteiger partial charge is 0.363 e. The van der Waals surface area contributed by atoms with Crippen LogP contribution in [-0.2, 0) is 0 Å². The van der Waals surface area contributed by atoms with E-state index in [1.807, 2.05) is 0 Å². The number of hydrogen-bond acceptors (Lipinski definition) is 14. The highest BCUT2D eigenvalue weighted by Gasteiger charge is 2.46. The Kier molecular flexibility index (Phi) is 32.3. The average Bonchev–Trinajstić information content (AvgIpc) is 1.53. The van der Waals surface area contributed by atoms with Crippen LogP contribution >= 0.6 is 15.0 Å². The van der Waals surface area contributed by atoms with E-state index in [0.29, 0.717) is 11.4 Å². The lowest BCUT2D eigenvalue weighted by molar-refractivity contribution is 0.598. The third-order valence-corrected chi connectivity index (χ3v) is 27.6. The molecular weight excluding hydrogens is 1540 g/mol. The van der Waals surface area contributed by atoms with Crippen molar-refractivity contribution >= 4 is 105 Å². The molecule has 20 nitrogen and oxygen atoms in total. The summed E-state index contributed by atoms with van der Waals surface area (Å²) >= 11 is 0. The lowest BCUT2D eigenvalue weighted by Gasteiger charge is -2.33. The third-order valence-electron chi connectivity index (χ3n) is 23.9. The summed E-state index contributed by atoms with van der Waals surface area (Å²) in [7, 11) is -8.06. The molecule has 0 N–H and O–H groups in total. The van der Waals surface area contributed by atoms with Gasteiger partial charge in [-0.15, -0.1) is 0 Å². The molecule has 122 heavy (non-hydrogen) atoms. The summed E-state index contributed by atoms with van der Waals surface area (Å²) in [6.07, 6.45) is 0. The number of rotatable bonds is 44. The fourth-order valence-corrected chi connectivity index (χ4v) is 24.8. The monoisotopic (exact) mass is 1720 g/mol. The maximum Gasteiger partial charge on any atom is 0.307 e. The van der Waals surface area contributed by atoms with Gasteiger partial charge in [0.25, 0.3) is 0 Å². The van der Waals surface area contributed by atoms with Crippen LogP contribution < -0.4 is 90.9 Å². The smallest absolute Gasteiger partial charge is 0.307 e. The van der Waals surface area contributed by atoms with E-state index in [9.17, 15) is 0 Å². The summed E-state index contributed by atoms with van der Waals surface area (Å²) in [5.74, 6) is 0. The molecular formula is C100H174N20P2. The summed E-state index contributed by atoms with van der Waals surface area (Å²) < 4.78 is 52.8. The van der Waals surface area contributed by atoms with Gasteiger partial charge in [0, 0.05) is 150 Å². The molecule has 0 aliphatic heterocycles. The highest BCUT2D eigenvalue weighted by Crippen LogP contribution is 2.64. The van der Waals surface area contributed by atoms with Crippen LogP contribution in [0.15, 0.2) is 74.5 Å². The number of anilines is 12. The fourth-order valence-electron chi connectivity index (χ4n) is 20.6. The van der Waals surface area contributed by atoms with E-state index in [0.717, 1.165) is 111 Å². The molecule has 0 radical (unpaired) electrons. The topological polar surface area (TPSA) is 138 Å². The molecule has 0 heterocycles. The quantitative estimate of drug-likeness (QED) is 0.0336. The molecule has 0 aliphatic rings. The van der Waals surface area contributed by atoms with E-state index in [1.165, 1.54) is 0 Å². The molecule has 0 aromatic heterocycles. The van der Waals surface area contributed by atoms with Crippen molar-refractivity contribution in [3.63, 3.8) is 0 Å². The van der Waals surface area contributed by atoms with Crippen LogP contribution in [0.2, 0.25) is 0 Å². The molecule has 0 saturated carbocycles. The van der Waals surface area contributed by atoms with Gasteiger partial charge in [-0.25, -0.2) is 38.1 Å². The van der Waals surface area contributed by atoms with Crippen molar-refractivity contribution < 1.29 is 0 Å². The predicted molar refractivity (Wildman–Crippen MR) is 541 cm³/mol. The molecule has 0 amide bonds. The van der Waals surface area contributed by atoms with Gasteiger partial charge >= 0.3 is 15.0 Å². The highest BCUT2D eigenvalue weighted by molar-refractivity contribution is 7.62. The average molecular weight is 1720 g/mol. The minimum atomic E-state index is -4.03. The van der Waals surface area contributed by atoms with Crippen molar-refractivity contribution in [1.82, 2.24) is 0 Å². The van der Waals surface area contributed by atoms with Crippen LogP contribution in [0.4, 0.5) is 79.6 Å². The SMILES string of the molecule is CC(C)N(c1c(N(C(C)C)C(C)C)c1=NP(N=c1c(N(C(C)C)C(C)C)c1N(C(C)C)C(C)C)(N=c1c(N(C(C)C)C(C)C)c1N(C(C)C)C(C)C)=Nc1cccc2cccc(N=P(N=c3c(N(C(C)C)C(C)C)c3N(C(C)C)C(C)C)(N=c3c(N(C(C)C)C(C)C)c3N(C(C)C)C(C)C)N=c3c(N(C(C)C)C(C)C)c3N(C(C)C)C(C)C)c12)C(C)C. The minimum Gasteiger partial charge on any atom is -0.363 e. The van der Waals surface area contributed by atoms with Crippen molar-refractivity contribution in [1.29, 1.82) is 0 Å². The normalized spacial score (nSPS) is 13.2. The van der Waals surface area contributed by atoms with Crippen molar-refractivity contribution in [3.8, 4) is 0 Å². The van der Waals surface area contributed by atoms with Gasteiger partial charge in [0.05, 0.1) is 79.6 Å². The Hall–Kier alpha value is -6.78. The summed E-state index contributed by atoms with van der Waals surface area (Å²) in [4.78, 5) is 31.0. The fraction of sp³-hybridized carbons (Fsp3) is 0.720. The Balaban J connectivity index is 1.90. The first-order valence-corrected chi connectivity index (χ1v) is 50.9. The van der Waals surface area contributed by atoms with Crippen LogP contribution in [0.3, 0.4) is 0 Å². The summed E-state index contributed by atoms with van der Waals surface area (Å²) in [5, 5.41) is 7.31. The molecule has 0 spiro atoms. The van der Waals surface area contributed by atoms with Crippen LogP contribution in [0.5, 0.6) is 0 Å². The van der Waals surface area contributed by atoms with E-state index in [1.54, 1.807) is 0 Å². The lowest BCUT2D eigenvalue weighted by atomic mass is 10.1. The van der Waals surface area contributed by atoms with Gasteiger partial charge in [-0.3, -0.25) is 0 Å². The second-order valence-electron chi connectivity index (χ2n) is 41.9. The molecule has 0 unspecified atom stereocenters. The van der Waals surface area contributed by atoms with E-state index >= 15 is 0 Å². The zero-order valence-electron chi connectivity index (χ0n) is 86.2. The Morgan fingerprint density at radius 2 is 0.270 bits per heavy atom. The third kappa shape index (κ3) is 20.9. The van der Waals surface area contributed by atoms with Crippen molar-refractivity contribution in [2.24, 2.45) is 38.1 Å². The number of benzene rings is 2. The van der Waals surface area contributed by atoms with Gasteiger partial charge in [-0.2, -0.15) is 0 Å². The van der Waals surface area contributed by atoms with Crippen LogP contribution in [-0.4, -0.2) is 145 Å². The maximum atomic E-state index is 6.65. The maximum absolute atomic E-state index is 6.65. The summed E-state index contributed by atoms with van der Waals surface area (Å²) in [6.45, 7) is 112. The van der Waals surface area contributed by atoms with Gasteiger partial charge in [-0.05, 0) is 350 Å². The number of fused-ring (bicyclic) bond motifs is 1. The zero-order chi connectivity index (χ0) is 92.4. The Labute approximate surface area is 743 Å². The number of nitrogens with zero attached hydrogens (tertiary/aromatic N) is 20. The van der Waals surface area contributed by atoms with Gasteiger partial charge in [-0.1, -0.05) is 24.3 Å². The van der Waals surface area contributed by atoms with Crippen molar-refractivity contribution in [2.45, 2.75) is 477 Å². The van der Waals surface area contributed by atoms with Crippen molar-refractivity contribution in [2.75, 3.05) is 58.8 Å². The predicted octanol–water partition coefficient (Wildman–Crippen LogP) is 24.3. The van der Waals surface area contributed by atoms with E-state index in [4.69, 9.17) is 38.1 Å². The van der Waals surface area contributed by atoms with E-state index in [-0.39, 0.29) is 145 Å². The highest BCUT2D eigenvalue weighted by atomic mass is 31.2. The second kappa shape index (κ2) is 39.2. The first kappa shape index (κ1) is 101. The molecule has 0 saturated heterocycles. The molecule has 22 heteroatoms. The van der Waals surface area contributed by atoms with Gasteiger partial charge in [0.15, 0.2) is 0 Å². The minimum absolute atomic E-state index is 0.138. The van der Waals surface area contributed by atoms with E-state index in [2.05, 4.69) is 428 Å². The summed E-state index contributed by atoms with van der Waals surface area (Å²) in [6, 6.07) is 16.6. The van der Waals surface area contributed by atoms with Crippen LogP contribution in [0.1, 0.15) is 332 Å². The zero-order valence-corrected chi connectivity index (χ0v) is 87.9. The first-order valence-electron chi connectivity index (χ1n) is 47.7. The number of hydrogen-bond donors (Lipinski definition) is 0.